The molecule has 4 N–H and O–H groups in total. The van der Waals surface area contributed by atoms with Crippen molar-refractivity contribution in [2.45, 2.75) is 6.42 Å². The molecule has 4 heteroatoms. The van der Waals surface area contributed by atoms with Gasteiger partial charge in [-0.3, -0.25) is 11.1 Å². The van der Waals surface area contributed by atoms with Crippen molar-refractivity contribution in [3.63, 3.8) is 0 Å². The Kier molecular flexibility index (Phi) is 2.27. The third-order valence-corrected chi connectivity index (χ3v) is 4.22. The lowest BCUT2D eigenvalue weighted by Crippen LogP contribution is -2.74. The van der Waals surface area contributed by atoms with Crippen LogP contribution in [-0.2, 0) is 0 Å². The fraction of sp³-hybridized carbons (Fsp3) is 0.900. The average Bonchev–Trinajstić information content (AvgIpc) is 2.17. The van der Waals surface area contributed by atoms with E-state index in [1.165, 1.54) is 48.2 Å². The highest BCUT2D eigenvalue weighted by atomic mass is 15.5. The van der Waals surface area contributed by atoms with E-state index in [0.717, 1.165) is 13.0 Å². The quantitative estimate of drug-likeness (QED) is 0.302. The normalized spacial score (nSPS) is 41.2. The van der Waals surface area contributed by atoms with Gasteiger partial charge in [-0.1, -0.05) is 0 Å². The number of quaternary nitrogens is 2. The number of hydrogen-bond donors (Lipinski definition) is 2. The highest BCUT2D eigenvalue weighted by Gasteiger charge is 2.46. The molecule has 80 valence electrons. The summed E-state index contributed by atoms with van der Waals surface area (Å²) in [6, 6.07) is 0. The van der Waals surface area contributed by atoms with Crippen LogP contribution in [0.5, 0.6) is 0 Å². The first-order valence-corrected chi connectivity index (χ1v) is 5.59. The van der Waals surface area contributed by atoms with Crippen LogP contribution in [-0.4, -0.2) is 67.7 Å². The minimum Gasteiger partial charge on any atom is -0.312 e. The maximum Gasteiger partial charge on any atom is 0.244 e. The lowest BCUT2D eigenvalue weighted by atomic mass is 10.1. The van der Waals surface area contributed by atoms with Gasteiger partial charge in [0.25, 0.3) is 0 Å². The maximum atomic E-state index is 5.54. The highest BCUT2D eigenvalue weighted by Crippen LogP contribution is 2.24. The Bertz CT molecular complexity index is 224. The van der Waals surface area contributed by atoms with Crippen LogP contribution in [0, 0.1) is 0 Å². The number of nitrogens with zero attached hydrogens (tertiary/aromatic N) is 2. The second-order valence-corrected chi connectivity index (χ2v) is 5.35. The summed E-state index contributed by atoms with van der Waals surface area (Å²) >= 11 is 0. The zero-order chi connectivity index (χ0) is 10.2. The van der Waals surface area contributed by atoms with Crippen molar-refractivity contribution in [1.29, 1.82) is 0 Å². The molecule has 0 atom stereocenters. The molecule has 3 saturated heterocycles. The van der Waals surface area contributed by atoms with Crippen molar-refractivity contribution >= 4 is 5.84 Å². The summed E-state index contributed by atoms with van der Waals surface area (Å²) in [6.07, 6.45) is 0.893. The molecule has 3 fully saturated rings. The number of piperazine rings is 3. The van der Waals surface area contributed by atoms with Gasteiger partial charge < -0.3 is 8.97 Å². The maximum absolute atomic E-state index is 5.54. The molecule has 0 radical (unpaired) electrons. The van der Waals surface area contributed by atoms with Crippen LogP contribution in [0.25, 0.3) is 0 Å². The molecule has 3 aliphatic rings. The van der Waals surface area contributed by atoms with Gasteiger partial charge in [0.1, 0.15) is 39.3 Å². The standard InChI is InChI=1S/C10H22N4/c1-13-4-7-14(8-5-13,9-6-13)3-2-10(11)12/h2-9H2,1H3,(H3,11,12)/q+2/p+1. The monoisotopic (exact) mass is 199 g/mol. The van der Waals surface area contributed by atoms with Gasteiger partial charge in [0.15, 0.2) is 0 Å². The summed E-state index contributed by atoms with van der Waals surface area (Å²) in [5.74, 6) is 0.603. The van der Waals surface area contributed by atoms with Crippen molar-refractivity contribution in [3.8, 4) is 0 Å². The predicted molar refractivity (Wildman–Crippen MR) is 56.3 cm³/mol. The molecule has 0 aromatic heterocycles. The molecule has 14 heavy (non-hydrogen) atoms. The molecule has 0 amide bonds. The van der Waals surface area contributed by atoms with Crippen LogP contribution in [0.2, 0.25) is 0 Å². The van der Waals surface area contributed by atoms with Gasteiger partial charge in [-0.05, 0) is 0 Å². The summed E-state index contributed by atoms with van der Waals surface area (Å²) in [5.41, 5.74) is 5.54. The van der Waals surface area contributed by atoms with Gasteiger partial charge in [-0.25, -0.2) is 0 Å². The molecule has 3 heterocycles. The second kappa shape index (κ2) is 3.21. The van der Waals surface area contributed by atoms with Gasteiger partial charge in [-0.15, -0.1) is 0 Å². The number of rotatable bonds is 3. The van der Waals surface area contributed by atoms with Crippen LogP contribution in [0.15, 0.2) is 0 Å². The van der Waals surface area contributed by atoms with Crippen molar-refractivity contribution in [3.05, 3.63) is 0 Å². The number of nitrogens with two attached hydrogens (primary N) is 2. The van der Waals surface area contributed by atoms with E-state index in [4.69, 9.17) is 11.1 Å². The van der Waals surface area contributed by atoms with E-state index < -0.39 is 0 Å². The number of hydrogen-bond acceptors (Lipinski definition) is 0. The smallest absolute Gasteiger partial charge is 0.244 e. The Morgan fingerprint density at radius 3 is 2.07 bits per heavy atom. The Morgan fingerprint density at radius 1 is 1.14 bits per heavy atom. The number of amidine groups is 1. The van der Waals surface area contributed by atoms with Crippen LogP contribution in [0.4, 0.5) is 0 Å². The third kappa shape index (κ3) is 1.77. The largest absolute Gasteiger partial charge is 0.312 e. The van der Waals surface area contributed by atoms with E-state index in [1.807, 2.05) is 0 Å². The first kappa shape index (κ1) is 9.93. The summed E-state index contributed by atoms with van der Waals surface area (Å²) in [5, 5.41) is 5.54. The van der Waals surface area contributed by atoms with Gasteiger partial charge in [0.05, 0.1) is 20.0 Å². The number of fused-ring (bicyclic) bond motifs is 3. The lowest BCUT2D eigenvalue weighted by Gasteiger charge is -2.54. The lowest BCUT2D eigenvalue weighted by molar-refractivity contribution is -1.07. The van der Waals surface area contributed by atoms with Crippen LogP contribution in [0.1, 0.15) is 6.42 Å². The Morgan fingerprint density at radius 2 is 1.64 bits per heavy atom. The molecule has 0 saturated carbocycles. The molecule has 4 nitrogen and oxygen atoms in total. The van der Waals surface area contributed by atoms with E-state index in [0.29, 0.717) is 5.84 Å². The molecule has 2 bridgehead atoms. The zero-order valence-electron chi connectivity index (χ0n) is 9.21. The average molecular weight is 199 g/mol. The molecule has 3 aliphatic heterocycles. The first-order valence-electron chi connectivity index (χ1n) is 5.59. The van der Waals surface area contributed by atoms with Crippen LogP contribution >= 0.6 is 0 Å². The van der Waals surface area contributed by atoms with E-state index in [2.05, 4.69) is 7.05 Å². The Labute approximate surface area is 86.0 Å². The second-order valence-electron chi connectivity index (χ2n) is 5.35. The van der Waals surface area contributed by atoms with E-state index >= 15 is 0 Å². The fourth-order valence-electron chi connectivity index (χ4n) is 2.73. The Hall–Kier alpha value is -0.610. The van der Waals surface area contributed by atoms with Crippen molar-refractivity contribution < 1.29 is 14.4 Å². The van der Waals surface area contributed by atoms with Gasteiger partial charge in [0, 0.05) is 0 Å². The van der Waals surface area contributed by atoms with Crippen molar-refractivity contribution in [1.82, 2.24) is 0 Å². The van der Waals surface area contributed by atoms with E-state index in [-0.39, 0.29) is 0 Å². The summed E-state index contributed by atoms with van der Waals surface area (Å²) in [7, 11) is 2.39. The topological polar surface area (TPSA) is 51.6 Å². The molecule has 0 aromatic carbocycles. The van der Waals surface area contributed by atoms with Gasteiger partial charge in [-0.2, -0.15) is 0 Å². The molecule has 0 spiro atoms. The van der Waals surface area contributed by atoms with E-state index in [9.17, 15) is 0 Å². The zero-order valence-corrected chi connectivity index (χ0v) is 9.21. The van der Waals surface area contributed by atoms with Crippen LogP contribution in [0.3, 0.4) is 0 Å². The van der Waals surface area contributed by atoms with Gasteiger partial charge in [0.2, 0.25) is 5.84 Å². The van der Waals surface area contributed by atoms with Crippen LogP contribution < -0.4 is 11.1 Å². The first-order chi connectivity index (χ1) is 6.54. The Balaban J connectivity index is 1.95. The predicted octanol–water partition coefficient (Wildman–Crippen LogP) is -2.22. The highest BCUT2D eigenvalue weighted by molar-refractivity contribution is 5.73. The minimum atomic E-state index is 0.603. The molecule has 3 rings (SSSR count). The number of likely N-dealkylation sites (N-methyl/N-ethyl adjacent to an activating group) is 1. The van der Waals surface area contributed by atoms with Crippen molar-refractivity contribution in [2.75, 3.05) is 52.9 Å². The molecule has 0 aliphatic carbocycles. The molecule has 0 unspecified atom stereocenters. The van der Waals surface area contributed by atoms with Crippen molar-refractivity contribution in [2.24, 2.45) is 5.73 Å². The molecular formula is C10H23N4+3. The molecule has 0 aromatic rings. The fourth-order valence-corrected chi connectivity index (χ4v) is 2.73. The van der Waals surface area contributed by atoms with Gasteiger partial charge >= 0.3 is 0 Å². The SMILES string of the molecule is C[N+]12CC[N+](CCC(N)=[NH2+])(CC1)CC2. The molecular weight excluding hydrogens is 176 g/mol. The summed E-state index contributed by atoms with van der Waals surface area (Å²) in [6.45, 7) is 9.14. The minimum absolute atomic E-state index is 0.603. The third-order valence-electron chi connectivity index (χ3n) is 4.22. The summed E-state index contributed by atoms with van der Waals surface area (Å²) < 4.78 is 2.56. The summed E-state index contributed by atoms with van der Waals surface area (Å²) in [4.78, 5) is 0. The van der Waals surface area contributed by atoms with E-state index in [1.54, 1.807) is 0 Å².